The molecule has 0 radical (unpaired) electrons. The number of hydrogen-bond donors (Lipinski definition) is 1. The van der Waals surface area contributed by atoms with Gasteiger partial charge in [0.15, 0.2) is 11.5 Å². The number of nitrogens with zero attached hydrogens (tertiary/aromatic N) is 1. The molecular formula is C16H18N2O3S. The number of benzene rings is 1. The molecule has 0 atom stereocenters. The molecule has 1 aliphatic rings. The number of carbonyl (C=O) groups excluding carboxylic acids is 1. The Hall–Kier alpha value is -2.08. The van der Waals surface area contributed by atoms with E-state index in [9.17, 15) is 4.79 Å². The molecule has 0 unspecified atom stereocenters. The van der Waals surface area contributed by atoms with Crippen LogP contribution in [0.2, 0.25) is 0 Å². The fourth-order valence-electron chi connectivity index (χ4n) is 2.23. The number of amides is 1. The first-order valence-corrected chi connectivity index (χ1v) is 8.19. The molecule has 1 aromatic carbocycles. The van der Waals surface area contributed by atoms with Gasteiger partial charge in [-0.2, -0.15) is 0 Å². The van der Waals surface area contributed by atoms with Crippen LogP contribution in [-0.4, -0.2) is 30.6 Å². The van der Waals surface area contributed by atoms with Gasteiger partial charge in [0.1, 0.15) is 0 Å². The quantitative estimate of drug-likeness (QED) is 0.941. The molecule has 0 saturated carbocycles. The van der Waals surface area contributed by atoms with Crippen LogP contribution in [0.15, 0.2) is 23.6 Å². The fraction of sp³-hybridized carbons (Fsp3) is 0.375. The molecule has 1 aromatic heterocycles. The second kappa shape index (κ2) is 6.79. The Labute approximate surface area is 133 Å². The van der Waals surface area contributed by atoms with Crippen LogP contribution in [0.5, 0.6) is 11.5 Å². The van der Waals surface area contributed by atoms with Crippen molar-refractivity contribution in [1.82, 2.24) is 10.3 Å². The van der Waals surface area contributed by atoms with E-state index in [2.05, 4.69) is 10.3 Å². The average molecular weight is 318 g/mol. The van der Waals surface area contributed by atoms with Gasteiger partial charge in [-0.05, 0) is 25.1 Å². The van der Waals surface area contributed by atoms with Gasteiger partial charge in [0.05, 0.1) is 23.9 Å². The molecule has 0 aliphatic carbocycles. The van der Waals surface area contributed by atoms with Crippen LogP contribution in [0.3, 0.4) is 0 Å². The first-order valence-electron chi connectivity index (χ1n) is 7.31. The van der Waals surface area contributed by atoms with E-state index in [1.165, 1.54) is 0 Å². The van der Waals surface area contributed by atoms with Gasteiger partial charge in [0.2, 0.25) is 0 Å². The molecule has 1 N–H and O–H groups in total. The number of aryl methyl sites for hydroxylation is 1. The standard InChI is InChI=1S/C16H18N2O3S/c1-11-18-13(10-22-11)5-6-17-16(19)12-3-4-14-15(9-12)21-8-2-7-20-14/h3-4,9-10H,2,5-8H2,1H3,(H,17,19). The zero-order valence-electron chi connectivity index (χ0n) is 12.4. The summed E-state index contributed by atoms with van der Waals surface area (Å²) in [7, 11) is 0. The second-order valence-corrected chi connectivity index (χ2v) is 6.14. The van der Waals surface area contributed by atoms with Crippen molar-refractivity contribution >= 4 is 17.2 Å². The molecule has 0 spiro atoms. The van der Waals surface area contributed by atoms with E-state index in [1.807, 2.05) is 12.3 Å². The van der Waals surface area contributed by atoms with Gasteiger partial charge in [0, 0.05) is 30.3 Å². The lowest BCUT2D eigenvalue weighted by Crippen LogP contribution is -2.25. The molecule has 5 nitrogen and oxygen atoms in total. The Morgan fingerprint density at radius 1 is 1.32 bits per heavy atom. The summed E-state index contributed by atoms with van der Waals surface area (Å²) in [5.74, 6) is 1.23. The molecule has 1 aliphatic heterocycles. The number of carbonyl (C=O) groups is 1. The number of fused-ring (bicyclic) bond motifs is 1. The summed E-state index contributed by atoms with van der Waals surface area (Å²) in [6, 6.07) is 5.29. The highest BCUT2D eigenvalue weighted by molar-refractivity contribution is 7.09. The molecule has 3 rings (SSSR count). The topological polar surface area (TPSA) is 60.5 Å². The minimum Gasteiger partial charge on any atom is -0.490 e. The van der Waals surface area contributed by atoms with Crippen molar-refractivity contribution < 1.29 is 14.3 Å². The zero-order valence-corrected chi connectivity index (χ0v) is 13.2. The molecule has 22 heavy (non-hydrogen) atoms. The smallest absolute Gasteiger partial charge is 0.251 e. The van der Waals surface area contributed by atoms with E-state index >= 15 is 0 Å². The van der Waals surface area contributed by atoms with Crippen molar-refractivity contribution in [3.05, 3.63) is 39.8 Å². The predicted octanol–water partition coefficient (Wildman–Crippen LogP) is 2.59. The summed E-state index contributed by atoms with van der Waals surface area (Å²) < 4.78 is 11.2. The van der Waals surface area contributed by atoms with Crippen LogP contribution in [0.25, 0.3) is 0 Å². The molecule has 6 heteroatoms. The minimum atomic E-state index is -0.109. The van der Waals surface area contributed by atoms with E-state index in [-0.39, 0.29) is 5.91 Å². The largest absolute Gasteiger partial charge is 0.490 e. The third-order valence-electron chi connectivity index (χ3n) is 3.34. The Bertz CT molecular complexity index is 669. The Balaban J connectivity index is 1.59. The molecule has 1 amide bonds. The Morgan fingerprint density at radius 2 is 2.14 bits per heavy atom. The van der Waals surface area contributed by atoms with Gasteiger partial charge in [-0.1, -0.05) is 0 Å². The summed E-state index contributed by atoms with van der Waals surface area (Å²) in [4.78, 5) is 16.6. The number of ether oxygens (including phenoxy) is 2. The first kappa shape index (κ1) is 14.8. The highest BCUT2D eigenvalue weighted by atomic mass is 32.1. The third-order valence-corrected chi connectivity index (χ3v) is 4.17. The number of aromatic nitrogens is 1. The number of nitrogens with one attached hydrogen (secondary N) is 1. The van der Waals surface area contributed by atoms with E-state index in [0.717, 1.165) is 23.5 Å². The average Bonchev–Trinajstić information content (AvgIpc) is 2.80. The molecule has 2 aromatic rings. The maximum atomic E-state index is 12.2. The van der Waals surface area contributed by atoms with Crippen molar-refractivity contribution in [3.8, 4) is 11.5 Å². The van der Waals surface area contributed by atoms with Crippen molar-refractivity contribution in [3.63, 3.8) is 0 Å². The van der Waals surface area contributed by atoms with Gasteiger partial charge in [-0.3, -0.25) is 4.79 Å². The molecule has 0 saturated heterocycles. The number of hydrogen-bond acceptors (Lipinski definition) is 5. The number of rotatable bonds is 4. The SMILES string of the molecule is Cc1nc(CCNC(=O)c2ccc3c(c2)OCCCO3)cs1. The van der Waals surface area contributed by atoms with E-state index < -0.39 is 0 Å². The number of thiazole rings is 1. The van der Waals surface area contributed by atoms with Crippen LogP contribution in [0.1, 0.15) is 27.5 Å². The van der Waals surface area contributed by atoms with Crippen molar-refractivity contribution in [2.45, 2.75) is 19.8 Å². The summed E-state index contributed by atoms with van der Waals surface area (Å²) in [6.45, 7) is 3.80. The van der Waals surface area contributed by atoms with Crippen molar-refractivity contribution in [1.29, 1.82) is 0 Å². The van der Waals surface area contributed by atoms with Crippen molar-refractivity contribution in [2.75, 3.05) is 19.8 Å². The normalized spacial score (nSPS) is 13.5. The molecule has 0 fully saturated rings. The molecule has 0 bridgehead atoms. The Kier molecular flexibility index (Phi) is 4.58. The lowest BCUT2D eigenvalue weighted by Gasteiger charge is -2.09. The van der Waals surface area contributed by atoms with Gasteiger partial charge < -0.3 is 14.8 Å². The molecule has 2 heterocycles. The van der Waals surface area contributed by atoms with E-state index in [0.29, 0.717) is 36.8 Å². The fourth-order valence-corrected chi connectivity index (χ4v) is 2.88. The first-order chi connectivity index (χ1) is 10.7. The maximum absolute atomic E-state index is 12.2. The summed E-state index contributed by atoms with van der Waals surface area (Å²) in [5, 5.41) is 5.98. The lowest BCUT2D eigenvalue weighted by atomic mass is 10.2. The monoisotopic (exact) mass is 318 g/mol. The minimum absolute atomic E-state index is 0.109. The predicted molar refractivity (Wildman–Crippen MR) is 84.9 cm³/mol. The van der Waals surface area contributed by atoms with Crippen LogP contribution in [0.4, 0.5) is 0 Å². The van der Waals surface area contributed by atoms with Gasteiger partial charge >= 0.3 is 0 Å². The van der Waals surface area contributed by atoms with E-state index in [1.54, 1.807) is 29.5 Å². The zero-order chi connectivity index (χ0) is 15.4. The van der Waals surface area contributed by atoms with Crippen LogP contribution >= 0.6 is 11.3 Å². The Morgan fingerprint density at radius 3 is 2.91 bits per heavy atom. The van der Waals surface area contributed by atoms with Crippen LogP contribution in [-0.2, 0) is 6.42 Å². The van der Waals surface area contributed by atoms with Gasteiger partial charge in [0.25, 0.3) is 5.91 Å². The van der Waals surface area contributed by atoms with Gasteiger partial charge in [-0.15, -0.1) is 11.3 Å². The molecule has 116 valence electrons. The highest BCUT2D eigenvalue weighted by Gasteiger charge is 2.14. The summed E-state index contributed by atoms with van der Waals surface area (Å²) in [6.07, 6.45) is 1.59. The maximum Gasteiger partial charge on any atom is 0.251 e. The third kappa shape index (κ3) is 3.57. The summed E-state index contributed by atoms with van der Waals surface area (Å²) in [5.41, 5.74) is 1.60. The second-order valence-electron chi connectivity index (χ2n) is 5.08. The summed E-state index contributed by atoms with van der Waals surface area (Å²) >= 11 is 1.62. The van der Waals surface area contributed by atoms with Crippen LogP contribution in [0, 0.1) is 6.92 Å². The van der Waals surface area contributed by atoms with Crippen molar-refractivity contribution in [2.24, 2.45) is 0 Å². The lowest BCUT2D eigenvalue weighted by molar-refractivity contribution is 0.0953. The molecular weight excluding hydrogens is 300 g/mol. The highest BCUT2D eigenvalue weighted by Crippen LogP contribution is 2.30. The van der Waals surface area contributed by atoms with E-state index in [4.69, 9.17) is 9.47 Å². The van der Waals surface area contributed by atoms with Crippen LogP contribution < -0.4 is 14.8 Å². The van der Waals surface area contributed by atoms with Gasteiger partial charge in [-0.25, -0.2) is 4.98 Å².